The molecule has 4 nitrogen and oxygen atoms in total. The van der Waals surface area contributed by atoms with E-state index in [1.54, 1.807) is 14.2 Å². The standard InChI is InChI=1S/C14H24N2O2/c1-11(16(2)3)9-15-10-12-7-6-8-13(17-4)14(12)18-5/h6-8,11,15H,9-10H2,1-5H3. The Morgan fingerprint density at radius 2 is 1.94 bits per heavy atom. The Kier molecular flexibility index (Phi) is 5.95. The lowest BCUT2D eigenvalue weighted by molar-refractivity contribution is 0.301. The van der Waals surface area contributed by atoms with E-state index < -0.39 is 0 Å². The Balaban J connectivity index is 2.62. The molecule has 0 aromatic heterocycles. The van der Waals surface area contributed by atoms with Crippen LogP contribution in [0.15, 0.2) is 18.2 Å². The molecule has 4 heteroatoms. The molecule has 0 amide bonds. The van der Waals surface area contributed by atoms with Gasteiger partial charge in [0.2, 0.25) is 0 Å². The summed E-state index contributed by atoms with van der Waals surface area (Å²) in [6.07, 6.45) is 0. The Morgan fingerprint density at radius 1 is 1.22 bits per heavy atom. The zero-order valence-electron chi connectivity index (χ0n) is 12.0. The average Bonchev–Trinajstić information content (AvgIpc) is 2.37. The summed E-state index contributed by atoms with van der Waals surface area (Å²) in [4.78, 5) is 2.19. The molecule has 0 radical (unpaired) electrons. The van der Waals surface area contributed by atoms with Gasteiger partial charge in [0, 0.05) is 24.7 Å². The summed E-state index contributed by atoms with van der Waals surface area (Å²) in [5.41, 5.74) is 1.11. The summed E-state index contributed by atoms with van der Waals surface area (Å²) in [5, 5.41) is 3.43. The summed E-state index contributed by atoms with van der Waals surface area (Å²) < 4.78 is 10.7. The molecule has 0 aliphatic carbocycles. The highest BCUT2D eigenvalue weighted by atomic mass is 16.5. The second-order valence-electron chi connectivity index (χ2n) is 4.60. The number of nitrogens with zero attached hydrogens (tertiary/aromatic N) is 1. The van der Waals surface area contributed by atoms with Gasteiger partial charge in [-0.15, -0.1) is 0 Å². The van der Waals surface area contributed by atoms with Gasteiger partial charge in [0.15, 0.2) is 11.5 Å². The van der Waals surface area contributed by atoms with Gasteiger partial charge in [-0.3, -0.25) is 0 Å². The number of ether oxygens (including phenoxy) is 2. The van der Waals surface area contributed by atoms with Gasteiger partial charge in [-0.25, -0.2) is 0 Å². The molecule has 1 atom stereocenters. The number of methoxy groups -OCH3 is 2. The van der Waals surface area contributed by atoms with E-state index in [0.717, 1.165) is 30.2 Å². The van der Waals surface area contributed by atoms with Crippen molar-refractivity contribution in [1.82, 2.24) is 10.2 Å². The van der Waals surface area contributed by atoms with Crippen LogP contribution in [0.1, 0.15) is 12.5 Å². The van der Waals surface area contributed by atoms with Crippen LogP contribution in [0.3, 0.4) is 0 Å². The van der Waals surface area contributed by atoms with Gasteiger partial charge < -0.3 is 19.7 Å². The molecule has 102 valence electrons. The Hall–Kier alpha value is -1.26. The quantitative estimate of drug-likeness (QED) is 0.801. The highest BCUT2D eigenvalue weighted by Gasteiger charge is 2.09. The molecule has 1 aromatic carbocycles. The topological polar surface area (TPSA) is 33.7 Å². The van der Waals surface area contributed by atoms with E-state index in [9.17, 15) is 0 Å². The van der Waals surface area contributed by atoms with Crippen molar-refractivity contribution in [3.63, 3.8) is 0 Å². The number of hydrogen-bond acceptors (Lipinski definition) is 4. The first-order valence-corrected chi connectivity index (χ1v) is 6.17. The molecule has 1 aromatic rings. The molecule has 1 N–H and O–H groups in total. The fraction of sp³-hybridized carbons (Fsp3) is 0.571. The number of benzene rings is 1. The number of likely N-dealkylation sites (N-methyl/N-ethyl adjacent to an activating group) is 1. The second kappa shape index (κ2) is 7.24. The maximum absolute atomic E-state index is 5.40. The van der Waals surface area contributed by atoms with Gasteiger partial charge in [-0.1, -0.05) is 12.1 Å². The molecule has 0 bridgehead atoms. The summed E-state index contributed by atoms with van der Waals surface area (Å²) >= 11 is 0. The summed E-state index contributed by atoms with van der Waals surface area (Å²) in [6, 6.07) is 6.44. The lowest BCUT2D eigenvalue weighted by Crippen LogP contribution is -2.35. The average molecular weight is 252 g/mol. The smallest absolute Gasteiger partial charge is 0.165 e. The van der Waals surface area contributed by atoms with E-state index in [1.165, 1.54) is 0 Å². The molecule has 18 heavy (non-hydrogen) atoms. The normalized spacial score (nSPS) is 12.6. The third-order valence-electron chi connectivity index (χ3n) is 3.12. The van der Waals surface area contributed by atoms with Crippen LogP contribution in [0.5, 0.6) is 11.5 Å². The van der Waals surface area contributed by atoms with Gasteiger partial charge in [-0.2, -0.15) is 0 Å². The van der Waals surface area contributed by atoms with Crippen LogP contribution in [-0.4, -0.2) is 45.8 Å². The molecule has 0 saturated carbocycles. The number of hydrogen-bond donors (Lipinski definition) is 1. The van der Waals surface area contributed by atoms with E-state index in [2.05, 4.69) is 37.3 Å². The molecule has 1 unspecified atom stereocenters. The third-order valence-corrected chi connectivity index (χ3v) is 3.12. The van der Waals surface area contributed by atoms with Gasteiger partial charge >= 0.3 is 0 Å². The Bertz CT molecular complexity index is 367. The molecule has 0 spiro atoms. The van der Waals surface area contributed by atoms with Crippen LogP contribution in [0.25, 0.3) is 0 Å². The lowest BCUT2D eigenvalue weighted by Gasteiger charge is -2.20. The Morgan fingerprint density at radius 3 is 2.50 bits per heavy atom. The predicted molar refractivity (Wildman–Crippen MR) is 74.4 cm³/mol. The summed E-state index contributed by atoms with van der Waals surface area (Å²) in [5.74, 6) is 1.59. The number of rotatable bonds is 7. The van der Waals surface area contributed by atoms with E-state index in [0.29, 0.717) is 6.04 Å². The summed E-state index contributed by atoms with van der Waals surface area (Å²) in [7, 11) is 7.49. The van der Waals surface area contributed by atoms with E-state index in [4.69, 9.17) is 9.47 Å². The van der Waals surface area contributed by atoms with Crippen molar-refractivity contribution in [2.45, 2.75) is 19.5 Å². The van der Waals surface area contributed by atoms with Crippen molar-refractivity contribution < 1.29 is 9.47 Å². The minimum Gasteiger partial charge on any atom is -0.493 e. The van der Waals surface area contributed by atoms with Crippen LogP contribution in [0.2, 0.25) is 0 Å². The highest BCUT2D eigenvalue weighted by molar-refractivity contribution is 5.46. The zero-order valence-corrected chi connectivity index (χ0v) is 12.0. The van der Waals surface area contributed by atoms with E-state index >= 15 is 0 Å². The highest BCUT2D eigenvalue weighted by Crippen LogP contribution is 2.30. The maximum Gasteiger partial charge on any atom is 0.165 e. The third kappa shape index (κ3) is 3.89. The molecule has 0 saturated heterocycles. The van der Waals surface area contributed by atoms with Gasteiger partial charge in [0.25, 0.3) is 0 Å². The van der Waals surface area contributed by atoms with E-state index in [-0.39, 0.29) is 0 Å². The van der Waals surface area contributed by atoms with Crippen LogP contribution < -0.4 is 14.8 Å². The first-order valence-electron chi connectivity index (χ1n) is 6.17. The van der Waals surface area contributed by atoms with Crippen molar-refractivity contribution in [3.8, 4) is 11.5 Å². The van der Waals surface area contributed by atoms with Gasteiger partial charge in [0.1, 0.15) is 0 Å². The molecule has 1 rings (SSSR count). The van der Waals surface area contributed by atoms with Crippen LogP contribution in [-0.2, 0) is 6.54 Å². The lowest BCUT2D eigenvalue weighted by atomic mass is 10.1. The van der Waals surface area contributed by atoms with Crippen LogP contribution in [0.4, 0.5) is 0 Å². The second-order valence-corrected chi connectivity index (χ2v) is 4.60. The monoisotopic (exact) mass is 252 g/mol. The molecular weight excluding hydrogens is 228 g/mol. The summed E-state index contributed by atoms with van der Waals surface area (Å²) in [6.45, 7) is 3.90. The van der Waals surface area contributed by atoms with Gasteiger partial charge in [-0.05, 0) is 27.1 Å². The van der Waals surface area contributed by atoms with Crippen molar-refractivity contribution in [3.05, 3.63) is 23.8 Å². The Labute approximate surface area is 110 Å². The minimum atomic E-state index is 0.501. The number of para-hydroxylation sites is 1. The fourth-order valence-corrected chi connectivity index (χ4v) is 1.69. The van der Waals surface area contributed by atoms with E-state index in [1.807, 2.05) is 12.1 Å². The van der Waals surface area contributed by atoms with Crippen molar-refractivity contribution in [2.75, 3.05) is 34.9 Å². The zero-order chi connectivity index (χ0) is 13.5. The van der Waals surface area contributed by atoms with Crippen LogP contribution >= 0.6 is 0 Å². The van der Waals surface area contributed by atoms with Crippen molar-refractivity contribution in [2.24, 2.45) is 0 Å². The largest absolute Gasteiger partial charge is 0.493 e. The first-order chi connectivity index (χ1) is 8.60. The van der Waals surface area contributed by atoms with Crippen molar-refractivity contribution >= 4 is 0 Å². The minimum absolute atomic E-state index is 0.501. The molecule has 0 aliphatic rings. The fourth-order valence-electron chi connectivity index (χ4n) is 1.69. The van der Waals surface area contributed by atoms with Crippen LogP contribution in [0, 0.1) is 0 Å². The van der Waals surface area contributed by atoms with Crippen molar-refractivity contribution in [1.29, 1.82) is 0 Å². The first kappa shape index (κ1) is 14.8. The maximum atomic E-state index is 5.40. The molecule has 0 heterocycles. The molecule has 0 aliphatic heterocycles. The molecule has 0 fully saturated rings. The number of nitrogens with one attached hydrogen (secondary N) is 1. The molecular formula is C14H24N2O2. The SMILES string of the molecule is COc1cccc(CNCC(C)N(C)C)c1OC. The predicted octanol–water partition coefficient (Wildman–Crippen LogP) is 1.74. The van der Waals surface area contributed by atoms with Gasteiger partial charge in [0.05, 0.1) is 14.2 Å².